The van der Waals surface area contributed by atoms with Crippen LogP contribution in [0.4, 0.5) is 11.4 Å². The first kappa shape index (κ1) is 14.6. The Bertz CT molecular complexity index is 654. The summed E-state index contributed by atoms with van der Waals surface area (Å²) in [7, 11) is 0. The number of nitrogens with one attached hydrogen (secondary N) is 1. The number of hydrogen-bond donors (Lipinski definition) is 2. The molecule has 0 heterocycles. The first-order valence-corrected chi connectivity index (χ1v) is 6.44. The summed E-state index contributed by atoms with van der Waals surface area (Å²) in [6.45, 7) is 1.51. The third-order valence-electron chi connectivity index (χ3n) is 2.90. The van der Waals surface area contributed by atoms with E-state index in [2.05, 4.69) is 5.32 Å². The monoisotopic (exact) mass is 284 g/mol. The van der Waals surface area contributed by atoms with Crippen LogP contribution in [0.1, 0.15) is 15.9 Å². The molecule has 108 valence electrons. The Kier molecular flexibility index (Phi) is 4.56. The van der Waals surface area contributed by atoms with E-state index >= 15 is 0 Å². The maximum Gasteiger partial charge on any atom is 0.338 e. The zero-order valence-electron chi connectivity index (χ0n) is 11.6. The van der Waals surface area contributed by atoms with E-state index in [1.54, 1.807) is 48.5 Å². The van der Waals surface area contributed by atoms with E-state index in [4.69, 9.17) is 10.5 Å². The minimum atomic E-state index is -0.528. The lowest BCUT2D eigenvalue weighted by Gasteiger charge is -2.08. The number of benzene rings is 2. The van der Waals surface area contributed by atoms with Crippen LogP contribution >= 0.6 is 0 Å². The molecule has 0 aliphatic carbocycles. The van der Waals surface area contributed by atoms with Crippen LogP contribution in [0.25, 0.3) is 0 Å². The topological polar surface area (TPSA) is 81.4 Å². The van der Waals surface area contributed by atoms with Gasteiger partial charge in [-0.3, -0.25) is 4.79 Å². The molecular formula is C16H16N2O3. The van der Waals surface area contributed by atoms with Crippen LogP contribution < -0.4 is 11.1 Å². The summed E-state index contributed by atoms with van der Waals surface area (Å²) in [6, 6.07) is 13.7. The quantitative estimate of drug-likeness (QED) is 0.667. The molecule has 2 aromatic carbocycles. The Morgan fingerprint density at radius 3 is 2.52 bits per heavy atom. The number of rotatable bonds is 4. The van der Waals surface area contributed by atoms with Crippen LogP contribution in [-0.4, -0.2) is 18.5 Å². The fourth-order valence-corrected chi connectivity index (χ4v) is 1.74. The fourth-order valence-electron chi connectivity index (χ4n) is 1.74. The SMILES string of the molecule is Cc1cc(NC(=O)COC(=O)c2ccccc2)ccc1N. The van der Waals surface area contributed by atoms with Crippen LogP contribution in [0.2, 0.25) is 0 Å². The molecular weight excluding hydrogens is 268 g/mol. The Morgan fingerprint density at radius 2 is 1.86 bits per heavy atom. The average Bonchev–Trinajstić information content (AvgIpc) is 2.49. The summed E-state index contributed by atoms with van der Waals surface area (Å²) in [5.74, 6) is -0.928. The van der Waals surface area contributed by atoms with Gasteiger partial charge < -0.3 is 15.8 Å². The molecule has 5 heteroatoms. The third-order valence-corrected chi connectivity index (χ3v) is 2.90. The van der Waals surface area contributed by atoms with E-state index in [0.29, 0.717) is 16.9 Å². The van der Waals surface area contributed by atoms with E-state index in [1.807, 2.05) is 6.92 Å². The number of carbonyl (C=O) groups is 2. The van der Waals surface area contributed by atoms with Crippen molar-refractivity contribution in [1.82, 2.24) is 0 Å². The molecule has 3 N–H and O–H groups in total. The van der Waals surface area contributed by atoms with Gasteiger partial charge in [-0.25, -0.2) is 4.79 Å². The van der Waals surface area contributed by atoms with Gasteiger partial charge in [-0.1, -0.05) is 18.2 Å². The Morgan fingerprint density at radius 1 is 1.14 bits per heavy atom. The Balaban J connectivity index is 1.87. The molecule has 0 radical (unpaired) electrons. The summed E-state index contributed by atoms with van der Waals surface area (Å²) in [6.07, 6.45) is 0. The van der Waals surface area contributed by atoms with Crippen molar-refractivity contribution in [1.29, 1.82) is 0 Å². The molecule has 0 saturated heterocycles. The standard InChI is InChI=1S/C16H16N2O3/c1-11-9-13(7-8-14(11)17)18-15(19)10-21-16(20)12-5-3-2-4-6-12/h2-9H,10,17H2,1H3,(H,18,19). The number of amides is 1. The van der Waals surface area contributed by atoms with Crippen molar-refractivity contribution in [3.8, 4) is 0 Å². The summed E-state index contributed by atoms with van der Waals surface area (Å²) < 4.78 is 4.94. The molecule has 0 fully saturated rings. The van der Waals surface area contributed by atoms with Gasteiger partial charge in [-0.05, 0) is 42.8 Å². The summed E-state index contributed by atoms with van der Waals surface area (Å²) in [5.41, 5.74) is 8.25. The van der Waals surface area contributed by atoms with Crippen molar-refractivity contribution >= 4 is 23.3 Å². The highest BCUT2D eigenvalue weighted by molar-refractivity contribution is 5.95. The smallest absolute Gasteiger partial charge is 0.338 e. The lowest BCUT2D eigenvalue weighted by atomic mass is 10.2. The predicted octanol–water partition coefficient (Wildman–Crippen LogP) is 2.37. The van der Waals surface area contributed by atoms with Crippen molar-refractivity contribution in [2.24, 2.45) is 0 Å². The first-order chi connectivity index (χ1) is 10.1. The highest BCUT2D eigenvalue weighted by atomic mass is 16.5. The van der Waals surface area contributed by atoms with E-state index in [9.17, 15) is 9.59 Å². The number of nitrogen functional groups attached to an aromatic ring is 1. The number of carbonyl (C=O) groups excluding carboxylic acids is 2. The van der Waals surface area contributed by atoms with Crippen LogP contribution in [-0.2, 0) is 9.53 Å². The third kappa shape index (κ3) is 4.07. The molecule has 0 bridgehead atoms. The Labute approximate surface area is 122 Å². The predicted molar refractivity (Wildman–Crippen MR) is 80.9 cm³/mol. The zero-order chi connectivity index (χ0) is 15.2. The molecule has 21 heavy (non-hydrogen) atoms. The highest BCUT2D eigenvalue weighted by Gasteiger charge is 2.10. The van der Waals surface area contributed by atoms with E-state index < -0.39 is 11.9 Å². The van der Waals surface area contributed by atoms with Crippen molar-refractivity contribution < 1.29 is 14.3 Å². The molecule has 0 aromatic heterocycles. The van der Waals surface area contributed by atoms with E-state index in [0.717, 1.165) is 5.56 Å². The molecule has 1 amide bonds. The molecule has 0 aliphatic rings. The maximum absolute atomic E-state index is 11.7. The van der Waals surface area contributed by atoms with Gasteiger partial charge in [0.05, 0.1) is 5.56 Å². The number of nitrogens with two attached hydrogens (primary N) is 1. The summed E-state index contributed by atoms with van der Waals surface area (Å²) >= 11 is 0. The molecule has 0 aliphatic heterocycles. The second-order valence-corrected chi connectivity index (χ2v) is 4.56. The molecule has 2 aromatic rings. The van der Waals surface area contributed by atoms with Crippen LogP contribution in [0, 0.1) is 6.92 Å². The van der Waals surface area contributed by atoms with Crippen molar-refractivity contribution in [2.75, 3.05) is 17.7 Å². The molecule has 0 unspecified atom stereocenters. The van der Waals surface area contributed by atoms with Gasteiger partial charge in [-0.2, -0.15) is 0 Å². The lowest BCUT2D eigenvalue weighted by molar-refractivity contribution is -0.119. The molecule has 0 atom stereocenters. The molecule has 0 saturated carbocycles. The van der Waals surface area contributed by atoms with Crippen molar-refractivity contribution in [2.45, 2.75) is 6.92 Å². The second-order valence-electron chi connectivity index (χ2n) is 4.56. The second kappa shape index (κ2) is 6.56. The number of aryl methyl sites for hydroxylation is 1. The zero-order valence-corrected chi connectivity index (χ0v) is 11.6. The molecule has 5 nitrogen and oxygen atoms in total. The largest absolute Gasteiger partial charge is 0.452 e. The van der Waals surface area contributed by atoms with Crippen molar-refractivity contribution in [3.63, 3.8) is 0 Å². The van der Waals surface area contributed by atoms with Crippen LogP contribution in [0.15, 0.2) is 48.5 Å². The minimum absolute atomic E-state index is 0.336. The van der Waals surface area contributed by atoms with E-state index in [1.165, 1.54) is 0 Å². The van der Waals surface area contributed by atoms with Gasteiger partial charge in [0, 0.05) is 11.4 Å². The van der Waals surface area contributed by atoms with Gasteiger partial charge >= 0.3 is 5.97 Å². The number of esters is 1. The Hall–Kier alpha value is -2.82. The highest BCUT2D eigenvalue weighted by Crippen LogP contribution is 2.16. The van der Waals surface area contributed by atoms with Crippen LogP contribution in [0.3, 0.4) is 0 Å². The van der Waals surface area contributed by atoms with E-state index in [-0.39, 0.29) is 6.61 Å². The van der Waals surface area contributed by atoms with Gasteiger partial charge in [0.1, 0.15) is 0 Å². The molecule has 0 spiro atoms. The first-order valence-electron chi connectivity index (χ1n) is 6.44. The average molecular weight is 284 g/mol. The number of anilines is 2. The van der Waals surface area contributed by atoms with Gasteiger partial charge in [-0.15, -0.1) is 0 Å². The normalized spacial score (nSPS) is 9.95. The summed E-state index contributed by atoms with van der Waals surface area (Å²) in [4.78, 5) is 23.4. The van der Waals surface area contributed by atoms with Gasteiger partial charge in [0.2, 0.25) is 0 Å². The van der Waals surface area contributed by atoms with Gasteiger partial charge in [0.25, 0.3) is 5.91 Å². The lowest BCUT2D eigenvalue weighted by Crippen LogP contribution is -2.21. The minimum Gasteiger partial charge on any atom is -0.452 e. The fraction of sp³-hybridized carbons (Fsp3) is 0.125. The van der Waals surface area contributed by atoms with Crippen LogP contribution in [0.5, 0.6) is 0 Å². The number of ether oxygens (including phenoxy) is 1. The molecule has 2 rings (SSSR count). The summed E-state index contributed by atoms with van der Waals surface area (Å²) in [5, 5.41) is 2.65. The maximum atomic E-state index is 11.7. The van der Waals surface area contributed by atoms with Crippen molar-refractivity contribution in [3.05, 3.63) is 59.7 Å². The van der Waals surface area contributed by atoms with Gasteiger partial charge in [0.15, 0.2) is 6.61 Å². The number of hydrogen-bond acceptors (Lipinski definition) is 4.